The van der Waals surface area contributed by atoms with Crippen LogP contribution in [0.15, 0.2) is 35.5 Å². The number of nitrogens with one attached hydrogen (secondary N) is 2. The van der Waals surface area contributed by atoms with Crippen molar-refractivity contribution in [3.63, 3.8) is 0 Å². The van der Waals surface area contributed by atoms with E-state index in [0.29, 0.717) is 17.2 Å². The number of amides is 2. The molecule has 5 nitrogen and oxygen atoms in total. The molecule has 0 saturated carbocycles. The first-order chi connectivity index (χ1) is 9.56. The number of ether oxygens (including phenoxy) is 1. The van der Waals surface area contributed by atoms with E-state index in [9.17, 15) is 9.59 Å². The molecule has 0 unspecified atom stereocenters. The highest BCUT2D eigenvalue weighted by molar-refractivity contribution is 5.97. The Kier molecular flexibility index (Phi) is 2.97. The molecule has 2 heterocycles. The minimum absolute atomic E-state index is 0.141. The van der Waals surface area contributed by atoms with Crippen LogP contribution < -0.4 is 10.6 Å². The van der Waals surface area contributed by atoms with Gasteiger partial charge in [0, 0.05) is 0 Å². The lowest BCUT2D eigenvalue weighted by Crippen LogP contribution is -2.44. The number of hydrogen-bond donors (Lipinski definition) is 2. The Morgan fingerprint density at radius 3 is 2.55 bits per heavy atom. The van der Waals surface area contributed by atoms with Gasteiger partial charge in [-0.1, -0.05) is 38.1 Å². The average Bonchev–Trinajstić information content (AvgIpc) is 2.79. The van der Waals surface area contributed by atoms with Gasteiger partial charge in [-0.15, -0.1) is 0 Å². The second-order valence-corrected chi connectivity index (χ2v) is 5.32. The normalized spacial score (nSPS) is 21.4. The van der Waals surface area contributed by atoms with E-state index in [4.69, 9.17) is 4.74 Å². The topological polar surface area (TPSA) is 67.4 Å². The van der Waals surface area contributed by atoms with Gasteiger partial charge in [0.1, 0.15) is 6.61 Å². The highest BCUT2D eigenvalue weighted by atomic mass is 16.5. The van der Waals surface area contributed by atoms with Crippen LogP contribution in [0.1, 0.15) is 36.9 Å². The van der Waals surface area contributed by atoms with Crippen molar-refractivity contribution >= 4 is 12.0 Å². The number of hydrogen-bond acceptors (Lipinski definition) is 3. The van der Waals surface area contributed by atoms with Gasteiger partial charge >= 0.3 is 12.0 Å². The number of carbonyl (C=O) groups is 2. The monoisotopic (exact) mass is 272 g/mol. The smallest absolute Gasteiger partial charge is 0.338 e. The Morgan fingerprint density at radius 2 is 1.90 bits per heavy atom. The van der Waals surface area contributed by atoms with E-state index in [-0.39, 0.29) is 18.6 Å². The quantitative estimate of drug-likeness (QED) is 0.809. The molecule has 3 rings (SSSR count). The molecule has 0 radical (unpaired) electrons. The molecule has 0 aromatic heterocycles. The molecule has 0 saturated heterocycles. The lowest BCUT2D eigenvalue weighted by atomic mass is 9.94. The van der Waals surface area contributed by atoms with E-state index in [1.54, 1.807) is 0 Å². The fourth-order valence-electron chi connectivity index (χ4n) is 2.51. The van der Waals surface area contributed by atoms with Crippen molar-refractivity contribution in [1.82, 2.24) is 10.6 Å². The molecule has 2 N–H and O–H groups in total. The van der Waals surface area contributed by atoms with Gasteiger partial charge in [0.2, 0.25) is 0 Å². The first kappa shape index (κ1) is 12.7. The van der Waals surface area contributed by atoms with Crippen molar-refractivity contribution in [1.29, 1.82) is 0 Å². The van der Waals surface area contributed by atoms with Crippen LogP contribution in [0, 0.1) is 0 Å². The van der Waals surface area contributed by atoms with E-state index >= 15 is 0 Å². The number of cyclic esters (lactones) is 1. The summed E-state index contributed by atoms with van der Waals surface area (Å²) in [7, 11) is 0. The summed E-state index contributed by atoms with van der Waals surface area (Å²) in [5, 5.41) is 5.40. The number of benzene rings is 1. The molecule has 2 amide bonds. The van der Waals surface area contributed by atoms with Gasteiger partial charge in [0.25, 0.3) is 0 Å². The van der Waals surface area contributed by atoms with Crippen LogP contribution in [0.25, 0.3) is 0 Å². The molecule has 1 aromatic carbocycles. The minimum atomic E-state index is -0.435. The van der Waals surface area contributed by atoms with E-state index < -0.39 is 6.04 Å². The van der Waals surface area contributed by atoms with Crippen LogP contribution in [0.4, 0.5) is 4.79 Å². The van der Waals surface area contributed by atoms with E-state index in [2.05, 4.69) is 24.5 Å². The van der Waals surface area contributed by atoms with E-state index in [1.165, 1.54) is 5.56 Å². The maximum absolute atomic E-state index is 11.8. The van der Waals surface area contributed by atoms with Crippen LogP contribution in [0.3, 0.4) is 0 Å². The standard InChI is InChI=1S/C15H16N2O3/c1-8(2)9-3-5-10(6-4-9)13-12-11(7-20-14(12)18)16-15(19)17-13/h3-6,8,13H,7H2,1-2H3,(H2,16,17,19)/t13-/m1/s1. The predicted molar refractivity (Wildman–Crippen MR) is 72.9 cm³/mol. The summed E-state index contributed by atoms with van der Waals surface area (Å²) in [5.41, 5.74) is 3.17. The zero-order chi connectivity index (χ0) is 14.3. The number of carbonyl (C=O) groups excluding carboxylic acids is 2. The van der Waals surface area contributed by atoms with Crippen LogP contribution >= 0.6 is 0 Å². The van der Waals surface area contributed by atoms with Crippen molar-refractivity contribution in [2.24, 2.45) is 0 Å². The van der Waals surface area contributed by atoms with Gasteiger partial charge in [-0.3, -0.25) is 0 Å². The second kappa shape index (κ2) is 4.67. The summed E-state index contributed by atoms with van der Waals surface area (Å²) in [4.78, 5) is 23.5. The third-order valence-electron chi connectivity index (χ3n) is 3.66. The van der Waals surface area contributed by atoms with Gasteiger partial charge in [-0.05, 0) is 17.0 Å². The maximum atomic E-state index is 11.8. The van der Waals surface area contributed by atoms with Crippen molar-refractivity contribution < 1.29 is 14.3 Å². The van der Waals surface area contributed by atoms with Gasteiger partial charge in [0.15, 0.2) is 0 Å². The third-order valence-corrected chi connectivity index (χ3v) is 3.66. The van der Waals surface area contributed by atoms with Crippen LogP contribution in [-0.4, -0.2) is 18.6 Å². The zero-order valence-corrected chi connectivity index (χ0v) is 11.4. The second-order valence-electron chi connectivity index (χ2n) is 5.32. The fourth-order valence-corrected chi connectivity index (χ4v) is 2.51. The highest BCUT2D eigenvalue weighted by Crippen LogP contribution is 2.31. The lowest BCUT2D eigenvalue weighted by molar-refractivity contribution is -0.136. The zero-order valence-electron chi connectivity index (χ0n) is 11.4. The summed E-state index contributed by atoms with van der Waals surface area (Å²) in [6, 6.07) is 7.20. The van der Waals surface area contributed by atoms with Gasteiger partial charge in [-0.25, -0.2) is 9.59 Å². The molecule has 5 heteroatoms. The molecular formula is C15H16N2O3. The Balaban J connectivity index is 1.97. The molecule has 0 bridgehead atoms. The molecule has 0 aliphatic carbocycles. The molecule has 0 spiro atoms. The summed E-state index contributed by atoms with van der Waals surface area (Å²) in [6.45, 7) is 4.38. The first-order valence-electron chi connectivity index (χ1n) is 6.64. The Morgan fingerprint density at radius 1 is 1.20 bits per heavy atom. The molecule has 2 aliphatic rings. The molecule has 1 aromatic rings. The van der Waals surface area contributed by atoms with Crippen LogP contribution in [-0.2, 0) is 9.53 Å². The highest BCUT2D eigenvalue weighted by Gasteiger charge is 2.37. The minimum Gasteiger partial charge on any atom is -0.456 e. The molecule has 20 heavy (non-hydrogen) atoms. The Hall–Kier alpha value is -2.30. The summed E-state index contributed by atoms with van der Waals surface area (Å²) < 4.78 is 4.99. The maximum Gasteiger partial charge on any atom is 0.338 e. The third kappa shape index (κ3) is 2.05. The number of urea groups is 1. The number of esters is 1. The van der Waals surface area contributed by atoms with E-state index in [0.717, 1.165) is 5.56 Å². The van der Waals surface area contributed by atoms with Crippen molar-refractivity contribution in [2.45, 2.75) is 25.8 Å². The van der Waals surface area contributed by atoms with Gasteiger partial charge < -0.3 is 15.4 Å². The van der Waals surface area contributed by atoms with Gasteiger partial charge in [0.05, 0.1) is 17.3 Å². The summed E-state index contributed by atoms with van der Waals surface area (Å²) in [6.07, 6.45) is 0. The molecule has 2 aliphatic heterocycles. The first-order valence-corrected chi connectivity index (χ1v) is 6.64. The Bertz CT molecular complexity index is 602. The van der Waals surface area contributed by atoms with Crippen molar-refractivity contribution in [2.75, 3.05) is 6.61 Å². The number of rotatable bonds is 2. The SMILES string of the molecule is CC(C)c1ccc([C@H]2NC(=O)NC3=C2C(=O)OC3)cc1. The van der Waals surface area contributed by atoms with Crippen molar-refractivity contribution in [3.05, 3.63) is 46.7 Å². The Labute approximate surface area is 117 Å². The van der Waals surface area contributed by atoms with Gasteiger partial charge in [-0.2, -0.15) is 0 Å². The predicted octanol–water partition coefficient (Wildman–Crippen LogP) is 1.97. The van der Waals surface area contributed by atoms with Crippen molar-refractivity contribution in [3.8, 4) is 0 Å². The fraction of sp³-hybridized carbons (Fsp3) is 0.333. The molecule has 1 atom stereocenters. The molecule has 104 valence electrons. The van der Waals surface area contributed by atoms with Crippen LogP contribution in [0.2, 0.25) is 0 Å². The lowest BCUT2D eigenvalue weighted by Gasteiger charge is -2.24. The van der Waals surface area contributed by atoms with Crippen LogP contribution in [0.5, 0.6) is 0 Å². The summed E-state index contributed by atoms with van der Waals surface area (Å²) >= 11 is 0. The van der Waals surface area contributed by atoms with E-state index in [1.807, 2.05) is 24.3 Å². The largest absolute Gasteiger partial charge is 0.456 e. The molecule has 0 fully saturated rings. The summed E-state index contributed by atoms with van der Waals surface area (Å²) in [5.74, 6) is 0.0725. The molecular weight excluding hydrogens is 256 g/mol. The average molecular weight is 272 g/mol.